The van der Waals surface area contributed by atoms with Crippen LogP contribution in [-0.2, 0) is 17.8 Å². The van der Waals surface area contributed by atoms with Crippen LogP contribution in [0.15, 0.2) is 48.5 Å². The molecule has 1 unspecified atom stereocenters. The number of likely N-dealkylation sites (tertiary alicyclic amines) is 1. The summed E-state index contributed by atoms with van der Waals surface area (Å²) in [4.78, 5) is 18.1. The molecule has 1 amide bonds. The zero-order valence-corrected chi connectivity index (χ0v) is 19.5. The number of hydrogen-bond donors (Lipinski definition) is 0. The second-order valence-electron chi connectivity index (χ2n) is 9.98. The molecule has 3 atom stereocenters. The molecule has 0 radical (unpaired) electrons. The largest absolute Gasteiger partial charge is 0.493 e. The predicted molar refractivity (Wildman–Crippen MR) is 125 cm³/mol. The minimum absolute atomic E-state index is 0.150. The van der Waals surface area contributed by atoms with Crippen LogP contribution in [0.3, 0.4) is 0 Å². The highest BCUT2D eigenvalue weighted by Gasteiger charge is 2.45. The average molecular weight is 439 g/mol. The lowest BCUT2D eigenvalue weighted by molar-refractivity contribution is -0.136. The van der Waals surface area contributed by atoms with E-state index in [0.29, 0.717) is 37.3 Å². The van der Waals surface area contributed by atoms with Crippen molar-refractivity contribution >= 4 is 5.91 Å². The average Bonchev–Trinajstić information content (AvgIpc) is 3.02. The highest BCUT2D eigenvalue weighted by atomic mass is 19.1. The topological polar surface area (TPSA) is 32.8 Å². The van der Waals surface area contributed by atoms with Crippen LogP contribution >= 0.6 is 0 Å². The number of fused-ring (bicyclic) bond motifs is 2. The third-order valence-corrected chi connectivity index (χ3v) is 6.78. The summed E-state index contributed by atoms with van der Waals surface area (Å²) >= 11 is 0. The Morgan fingerprint density at radius 3 is 2.22 bits per heavy atom. The highest BCUT2D eigenvalue weighted by molar-refractivity contribution is 5.79. The number of piperidine rings is 1. The lowest BCUT2D eigenvalue weighted by atomic mass is 9.90. The third kappa shape index (κ3) is 5.50. The molecule has 2 aromatic rings. The molecule has 1 aliphatic heterocycles. The van der Waals surface area contributed by atoms with E-state index >= 15 is 0 Å². The Morgan fingerprint density at radius 2 is 1.62 bits per heavy atom. The highest BCUT2D eigenvalue weighted by Crippen LogP contribution is 2.40. The van der Waals surface area contributed by atoms with Crippen molar-refractivity contribution in [1.29, 1.82) is 0 Å². The predicted octanol–water partition coefficient (Wildman–Crippen LogP) is 4.77. The van der Waals surface area contributed by atoms with Crippen molar-refractivity contribution in [2.24, 2.45) is 17.8 Å². The van der Waals surface area contributed by atoms with Crippen LogP contribution in [-0.4, -0.2) is 48.5 Å². The SMILES string of the molecule is CC(C)COc1ccc(CC(=O)N(Cc2ccc(F)cc2)C2[C@@H]3CC[C@H]2CN(C)C3)cc1. The molecule has 1 heterocycles. The maximum absolute atomic E-state index is 13.6. The van der Waals surface area contributed by atoms with Gasteiger partial charge in [0.05, 0.1) is 13.0 Å². The van der Waals surface area contributed by atoms with Gasteiger partial charge in [0.1, 0.15) is 11.6 Å². The summed E-state index contributed by atoms with van der Waals surface area (Å²) in [7, 11) is 2.18. The number of hydrogen-bond acceptors (Lipinski definition) is 3. The van der Waals surface area contributed by atoms with E-state index < -0.39 is 0 Å². The summed E-state index contributed by atoms with van der Waals surface area (Å²) in [5.74, 6) is 2.24. The van der Waals surface area contributed by atoms with E-state index in [1.807, 2.05) is 24.3 Å². The van der Waals surface area contributed by atoms with Gasteiger partial charge < -0.3 is 14.5 Å². The summed E-state index contributed by atoms with van der Waals surface area (Å²) in [6.45, 7) is 7.54. The molecule has 0 N–H and O–H groups in total. The Bertz CT molecular complexity index is 883. The van der Waals surface area contributed by atoms with Crippen LogP contribution in [0.2, 0.25) is 0 Å². The van der Waals surface area contributed by atoms with Crippen molar-refractivity contribution in [2.75, 3.05) is 26.7 Å². The molecular formula is C27H35FN2O2. The van der Waals surface area contributed by atoms with Crippen LogP contribution in [0.25, 0.3) is 0 Å². The van der Waals surface area contributed by atoms with Gasteiger partial charge in [0, 0.05) is 25.7 Å². The van der Waals surface area contributed by atoms with Crippen molar-refractivity contribution < 1.29 is 13.9 Å². The Kier molecular flexibility index (Phi) is 7.14. The quantitative estimate of drug-likeness (QED) is 0.595. The first kappa shape index (κ1) is 22.8. The van der Waals surface area contributed by atoms with Crippen molar-refractivity contribution in [3.63, 3.8) is 0 Å². The maximum atomic E-state index is 13.6. The maximum Gasteiger partial charge on any atom is 0.227 e. The first-order chi connectivity index (χ1) is 15.4. The van der Waals surface area contributed by atoms with Gasteiger partial charge in [-0.1, -0.05) is 38.1 Å². The molecule has 0 spiro atoms. The van der Waals surface area contributed by atoms with Gasteiger partial charge in [-0.3, -0.25) is 4.79 Å². The fourth-order valence-electron chi connectivity index (χ4n) is 5.33. The van der Waals surface area contributed by atoms with Crippen molar-refractivity contribution in [3.05, 3.63) is 65.5 Å². The van der Waals surface area contributed by atoms with Gasteiger partial charge in [0.2, 0.25) is 5.91 Å². The molecule has 2 fully saturated rings. The monoisotopic (exact) mass is 438 g/mol. The van der Waals surface area contributed by atoms with Crippen LogP contribution in [0.5, 0.6) is 5.75 Å². The molecule has 0 aromatic heterocycles. The van der Waals surface area contributed by atoms with Crippen molar-refractivity contribution in [2.45, 2.75) is 45.7 Å². The van der Waals surface area contributed by atoms with Gasteiger partial charge in [-0.2, -0.15) is 0 Å². The minimum atomic E-state index is -0.245. The number of carbonyl (C=O) groups excluding carboxylic acids is 1. The third-order valence-electron chi connectivity index (χ3n) is 6.78. The van der Waals surface area contributed by atoms with Gasteiger partial charge >= 0.3 is 0 Å². The molecular weight excluding hydrogens is 403 g/mol. The molecule has 2 bridgehead atoms. The van der Waals surface area contributed by atoms with Crippen LogP contribution in [0, 0.1) is 23.6 Å². The number of halogens is 1. The van der Waals surface area contributed by atoms with Crippen LogP contribution < -0.4 is 4.74 Å². The lowest BCUT2D eigenvalue weighted by Gasteiger charge is -2.43. The molecule has 1 saturated heterocycles. The molecule has 5 heteroatoms. The summed E-state index contributed by atoms with van der Waals surface area (Å²) in [6, 6.07) is 14.7. The number of benzene rings is 2. The Balaban J connectivity index is 1.50. The Labute approximate surface area is 191 Å². The molecule has 1 aliphatic carbocycles. The molecule has 32 heavy (non-hydrogen) atoms. The van der Waals surface area contributed by atoms with Gasteiger partial charge in [-0.05, 0) is 73.0 Å². The number of carbonyl (C=O) groups is 1. The van der Waals surface area contributed by atoms with E-state index in [1.54, 1.807) is 12.1 Å². The van der Waals surface area contributed by atoms with E-state index in [1.165, 1.54) is 25.0 Å². The molecule has 4 nitrogen and oxygen atoms in total. The second-order valence-corrected chi connectivity index (χ2v) is 9.98. The molecule has 4 rings (SSSR count). The Morgan fingerprint density at radius 1 is 1.03 bits per heavy atom. The molecule has 172 valence electrons. The van der Waals surface area contributed by atoms with Crippen LogP contribution in [0.4, 0.5) is 4.39 Å². The first-order valence-corrected chi connectivity index (χ1v) is 11.8. The minimum Gasteiger partial charge on any atom is -0.493 e. The zero-order chi connectivity index (χ0) is 22.7. The first-order valence-electron chi connectivity index (χ1n) is 11.8. The number of nitrogens with zero attached hydrogens (tertiary/aromatic N) is 2. The number of ether oxygens (including phenoxy) is 1. The number of amides is 1. The number of rotatable bonds is 8. The molecule has 2 aliphatic rings. The fourth-order valence-corrected chi connectivity index (χ4v) is 5.33. The van der Waals surface area contributed by atoms with E-state index in [0.717, 1.165) is 30.0 Å². The van der Waals surface area contributed by atoms with E-state index in [2.05, 4.69) is 30.7 Å². The Hall–Kier alpha value is -2.40. The van der Waals surface area contributed by atoms with E-state index in [9.17, 15) is 9.18 Å². The lowest BCUT2D eigenvalue weighted by Crippen LogP contribution is -2.53. The second kappa shape index (κ2) is 10.0. The smallest absolute Gasteiger partial charge is 0.227 e. The van der Waals surface area contributed by atoms with Crippen LogP contribution in [0.1, 0.15) is 37.8 Å². The van der Waals surface area contributed by atoms with Gasteiger partial charge in [0.25, 0.3) is 0 Å². The van der Waals surface area contributed by atoms with Gasteiger partial charge in [-0.15, -0.1) is 0 Å². The molecule has 1 saturated carbocycles. The van der Waals surface area contributed by atoms with Gasteiger partial charge in [0.15, 0.2) is 0 Å². The molecule has 2 aromatic carbocycles. The summed E-state index contributed by atoms with van der Waals surface area (Å²) in [5, 5.41) is 0. The van der Waals surface area contributed by atoms with Gasteiger partial charge in [-0.25, -0.2) is 4.39 Å². The fraction of sp³-hybridized carbons (Fsp3) is 0.519. The van der Waals surface area contributed by atoms with Crippen molar-refractivity contribution in [1.82, 2.24) is 9.80 Å². The normalized spacial score (nSPS) is 22.8. The van der Waals surface area contributed by atoms with Crippen molar-refractivity contribution in [3.8, 4) is 5.75 Å². The summed E-state index contributed by atoms with van der Waals surface area (Å²) < 4.78 is 19.2. The standard InChI is InChI=1S/C27H35FN2O2/c1-19(2)18-32-25-12-6-20(7-13-25)14-26(31)30(15-21-4-10-24(28)11-5-21)27-22-8-9-23(27)17-29(3)16-22/h4-7,10-13,19,22-23,27H,8-9,14-18H2,1-3H3/t22-,23+,27?. The zero-order valence-electron chi connectivity index (χ0n) is 19.5. The summed E-state index contributed by atoms with van der Waals surface area (Å²) in [6.07, 6.45) is 2.72. The van der Waals surface area contributed by atoms with E-state index in [-0.39, 0.29) is 17.8 Å². The summed E-state index contributed by atoms with van der Waals surface area (Å²) in [5.41, 5.74) is 1.98. The van der Waals surface area contributed by atoms with E-state index in [4.69, 9.17) is 4.74 Å².